The first-order valence-electron chi connectivity index (χ1n) is 7.47. The van der Waals surface area contributed by atoms with Crippen LogP contribution in [0.3, 0.4) is 0 Å². The lowest BCUT2D eigenvalue weighted by Crippen LogP contribution is -2.35. The lowest BCUT2D eigenvalue weighted by Gasteiger charge is -2.20. The highest BCUT2D eigenvalue weighted by Gasteiger charge is 2.38. The topological polar surface area (TPSA) is 72.0 Å². The van der Waals surface area contributed by atoms with Gasteiger partial charge in [-0.15, -0.1) is 0 Å². The summed E-state index contributed by atoms with van der Waals surface area (Å²) in [5, 5.41) is 3.98. The first-order valence-corrected chi connectivity index (χ1v) is 7.47. The summed E-state index contributed by atoms with van der Waals surface area (Å²) in [4.78, 5) is 11.0. The van der Waals surface area contributed by atoms with E-state index in [1.54, 1.807) is 0 Å². The molecule has 0 spiro atoms. The Hall–Kier alpha value is -2.29. The minimum Gasteiger partial charge on any atom is -0.379 e. The molecule has 0 radical (unpaired) electrons. The molecule has 6 nitrogen and oxygen atoms in total. The number of ether oxygens (including phenoxy) is 1. The molecule has 1 aliphatic rings. The second-order valence-corrected chi connectivity index (χ2v) is 5.63. The van der Waals surface area contributed by atoms with Crippen molar-refractivity contribution in [3.63, 3.8) is 0 Å². The second kappa shape index (κ2) is 7.53. The van der Waals surface area contributed by atoms with Crippen molar-refractivity contribution in [2.24, 2.45) is 5.92 Å². The van der Waals surface area contributed by atoms with Crippen LogP contribution in [0.4, 0.5) is 38.2 Å². The Balaban J connectivity index is 2.27. The molecule has 0 saturated carbocycles. The van der Waals surface area contributed by atoms with Gasteiger partial charge in [0.1, 0.15) is 12.1 Å². The molecule has 144 valence electrons. The summed E-state index contributed by atoms with van der Waals surface area (Å²) in [7, 11) is 0. The first kappa shape index (κ1) is 20.0. The van der Waals surface area contributed by atoms with Crippen LogP contribution in [-0.2, 0) is 4.74 Å². The maximum absolute atomic E-state index is 12.7. The summed E-state index contributed by atoms with van der Waals surface area (Å²) in [6.07, 6.45) is -9.18. The van der Waals surface area contributed by atoms with Crippen molar-refractivity contribution in [2.75, 3.05) is 23.8 Å². The van der Waals surface area contributed by atoms with Crippen LogP contribution in [0, 0.1) is 17.8 Å². The molecule has 1 aromatic heterocycles. The molecule has 0 bridgehead atoms. The van der Waals surface area contributed by atoms with Crippen molar-refractivity contribution < 1.29 is 31.1 Å². The summed E-state index contributed by atoms with van der Waals surface area (Å²) in [6.45, 7) is 2.44. The van der Waals surface area contributed by atoms with Gasteiger partial charge in [0.15, 0.2) is 0 Å². The second-order valence-electron chi connectivity index (χ2n) is 5.63. The Morgan fingerprint density at radius 2 is 1.38 bits per heavy atom. The number of halogens is 6. The van der Waals surface area contributed by atoms with E-state index in [0.717, 1.165) is 13.8 Å². The van der Waals surface area contributed by atoms with Gasteiger partial charge in [-0.1, -0.05) is 5.92 Å². The quantitative estimate of drug-likeness (QED) is 0.615. The van der Waals surface area contributed by atoms with Crippen LogP contribution in [0.5, 0.6) is 0 Å². The van der Waals surface area contributed by atoms with Gasteiger partial charge in [-0.3, -0.25) is 0 Å². The molecule has 0 aromatic carbocycles. The average Bonchev–Trinajstić information content (AvgIpc) is 2.43. The molecule has 0 aliphatic carbocycles. The summed E-state index contributed by atoms with van der Waals surface area (Å²) in [5.41, 5.74) is 0. The zero-order valence-electron chi connectivity index (χ0n) is 13.7. The highest BCUT2D eigenvalue weighted by molar-refractivity contribution is 5.40. The molecular weight excluding hydrogens is 368 g/mol. The van der Waals surface area contributed by atoms with Crippen molar-refractivity contribution in [3.05, 3.63) is 5.82 Å². The van der Waals surface area contributed by atoms with Gasteiger partial charge in [-0.05, 0) is 19.8 Å². The lowest BCUT2D eigenvalue weighted by molar-refractivity contribution is -0.139. The molecule has 26 heavy (non-hydrogen) atoms. The number of hydrogen-bond donors (Lipinski definition) is 2. The smallest absolute Gasteiger partial charge is 0.379 e. The predicted octanol–water partition coefficient (Wildman–Crippen LogP) is 2.59. The molecule has 0 unspecified atom stereocenters. The summed E-state index contributed by atoms with van der Waals surface area (Å²) in [5.74, 6) is 3.85. The molecule has 2 heterocycles. The molecule has 2 atom stereocenters. The van der Waals surface area contributed by atoms with Gasteiger partial charge in [-0.25, -0.2) is 0 Å². The van der Waals surface area contributed by atoms with Crippen LogP contribution in [0.1, 0.15) is 19.7 Å². The Morgan fingerprint density at radius 1 is 0.923 bits per heavy atom. The summed E-state index contributed by atoms with van der Waals surface area (Å²) < 4.78 is 80.9. The van der Waals surface area contributed by atoms with Crippen molar-refractivity contribution in [1.29, 1.82) is 0 Å². The van der Waals surface area contributed by atoms with Crippen molar-refractivity contribution >= 4 is 11.9 Å². The van der Waals surface area contributed by atoms with E-state index in [0.29, 0.717) is 13.2 Å². The average molecular weight is 383 g/mol. The third-order valence-corrected chi connectivity index (χ3v) is 3.33. The van der Waals surface area contributed by atoms with Gasteiger partial charge in [0.25, 0.3) is 0 Å². The molecule has 12 heteroatoms. The van der Waals surface area contributed by atoms with Crippen LogP contribution in [0.25, 0.3) is 0 Å². The van der Waals surface area contributed by atoms with Gasteiger partial charge in [-0.2, -0.15) is 41.3 Å². The van der Waals surface area contributed by atoms with E-state index < -0.39 is 36.3 Å². The number of hydrogen-bond acceptors (Lipinski definition) is 6. The fourth-order valence-corrected chi connectivity index (χ4v) is 1.60. The molecule has 1 saturated heterocycles. The Labute approximate surface area is 144 Å². The van der Waals surface area contributed by atoms with E-state index in [-0.39, 0.29) is 11.7 Å². The van der Waals surface area contributed by atoms with Crippen molar-refractivity contribution in [3.8, 4) is 11.8 Å². The van der Waals surface area contributed by atoms with Crippen LogP contribution in [0.15, 0.2) is 0 Å². The van der Waals surface area contributed by atoms with E-state index in [1.165, 1.54) is 0 Å². The van der Waals surface area contributed by atoms with E-state index >= 15 is 0 Å². The van der Waals surface area contributed by atoms with Gasteiger partial charge in [0.2, 0.25) is 17.7 Å². The standard InChI is InChI=1S/C14H15F6N5O/c1-7(13(15,16)17)21-11-23-10(4-3-9-5-26-6-9)24-12(25-11)22-8(2)14(18,19)20/h7-9H,5-6H2,1-2H3,(H2,21,22,23,24,25)/t7-,8-/m1/s1. The minimum atomic E-state index is -4.59. The number of rotatable bonds is 4. The van der Waals surface area contributed by atoms with E-state index in [4.69, 9.17) is 4.74 Å². The summed E-state index contributed by atoms with van der Waals surface area (Å²) >= 11 is 0. The third kappa shape index (κ3) is 5.62. The number of aromatic nitrogens is 3. The Kier molecular flexibility index (Phi) is 5.80. The largest absolute Gasteiger partial charge is 0.408 e. The molecule has 0 amide bonds. The van der Waals surface area contributed by atoms with E-state index in [2.05, 4.69) is 26.8 Å². The molecule has 1 aliphatic heterocycles. The highest BCUT2D eigenvalue weighted by Crippen LogP contribution is 2.24. The monoisotopic (exact) mass is 383 g/mol. The van der Waals surface area contributed by atoms with Gasteiger partial charge < -0.3 is 15.4 Å². The lowest BCUT2D eigenvalue weighted by atomic mass is 10.1. The zero-order chi connectivity index (χ0) is 19.5. The third-order valence-electron chi connectivity index (χ3n) is 3.33. The zero-order valence-corrected chi connectivity index (χ0v) is 13.7. The molecule has 2 N–H and O–H groups in total. The number of anilines is 2. The Morgan fingerprint density at radius 3 is 1.73 bits per heavy atom. The van der Waals surface area contributed by atoms with Gasteiger partial charge >= 0.3 is 12.4 Å². The van der Waals surface area contributed by atoms with E-state index in [9.17, 15) is 26.3 Å². The van der Waals surface area contributed by atoms with Gasteiger partial charge in [0, 0.05) is 0 Å². The van der Waals surface area contributed by atoms with Crippen LogP contribution in [0.2, 0.25) is 0 Å². The Bertz CT molecular complexity index is 652. The molecule has 2 rings (SSSR count). The SMILES string of the molecule is C[C@@H](Nc1nc(C#CC2COC2)nc(N[C@H](C)C(F)(F)F)n1)C(F)(F)F. The fraction of sp³-hybridized carbons (Fsp3) is 0.643. The molecular formula is C14H15F6N5O. The predicted molar refractivity (Wildman–Crippen MR) is 79.3 cm³/mol. The minimum absolute atomic E-state index is 0.0808. The van der Waals surface area contributed by atoms with Crippen LogP contribution < -0.4 is 10.6 Å². The van der Waals surface area contributed by atoms with Crippen molar-refractivity contribution in [1.82, 2.24) is 15.0 Å². The van der Waals surface area contributed by atoms with E-state index in [1.807, 2.05) is 10.6 Å². The molecule has 1 fully saturated rings. The number of nitrogens with one attached hydrogen (secondary N) is 2. The van der Waals surface area contributed by atoms with Crippen LogP contribution in [-0.4, -0.2) is 52.6 Å². The van der Waals surface area contributed by atoms with Crippen molar-refractivity contribution in [2.45, 2.75) is 38.3 Å². The van der Waals surface area contributed by atoms with Gasteiger partial charge in [0.05, 0.1) is 19.1 Å². The maximum Gasteiger partial charge on any atom is 0.408 e. The summed E-state index contributed by atoms with van der Waals surface area (Å²) in [6, 6.07) is -4.03. The number of nitrogens with zero attached hydrogens (tertiary/aromatic N) is 3. The maximum atomic E-state index is 12.7. The van der Waals surface area contributed by atoms with Crippen LogP contribution >= 0.6 is 0 Å². The first-order chi connectivity index (χ1) is 11.9. The highest BCUT2D eigenvalue weighted by atomic mass is 19.4. The normalized spacial score (nSPS) is 17.5. The molecule has 1 aromatic rings. The number of alkyl halides is 6. The fourth-order valence-electron chi connectivity index (χ4n) is 1.60.